The van der Waals surface area contributed by atoms with Gasteiger partial charge >= 0.3 is 0 Å². The molecule has 0 saturated carbocycles. The molecule has 0 aliphatic rings. The van der Waals surface area contributed by atoms with Crippen LogP contribution >= 0.6 is 23.2 Å². The number of nitrogens with zero attached hydrogens (tertiary/aromatic N) is 1. The Morgan fingerprint density at radius 1 is 0.828 bits per heavy atom. The number of hydrogen-bond acceptors (Lipinski definition) is 4. The number of benzene rings is 3. The van der Waals surface area contributed by atoms with E-state index in [-0.39, 0.29) is 27.5 Å². The second kappa shape index (κ2) is 8.72. The molecule has 9 heteroatoms. The molecule has 0 atom stereocenters. The highest BCUT2D eigenvalue weighted by Gasteiger charge is 2.18. The molecule has 0 aliphatic carbocycles. The fraction of sp³-hybridized carbons (Fsp3) is 0. The van der Waals surface area contributed by atoms with Crippen molar-refractivity contribution in [1.29, 1.82) is 0 Å². The van der Waals surface area contributed by atoms with Gasteiger partial charge in [0.2, 0.25) is 0 Å². The molecule has 0 bridgehead atoms. The van der Waals surface area contributed by atoms with Crippen LogP contribution in [0, 0.1) is 10.1 Å². The minimum absolute atomic E-state index is 0.0438. The van der Waals surface area contributed by atoms with Crippen molar-refractivity contribution >= 4 is 52.1 Å². The van der Waals surface area contributed by atoms with E-state index in [1.807, 2.05) is 0 Å². The summed E-state index contributed by atoms with van der Waals surface area (Å²) in [5.74, 6) is -1.05. The Kier molecular flexibility index (Phi) is 6.11. The lowest BCUT2D eigenvalue weighted by Gasteiger charge is -2.12. The van der Waals surface area contributed by atoms with Crippen LogP contribution in [0.1, 0.15) is 20.7 Å². The molecule has 0 radical (unpaired) electrons. The number of rotatable bonds is 5. The van der Waals surface area contributed by atoms with Crippen molar-refractivity contribution in [3.8, 4) is 0 Å². The molecule has 7 nitrogen and oxygen atoms in total. The first-order chi connectivity index (χ1) is 13.8. The van der Waals surface area contributed by atoms with Crippen LogP contribution in [0.25, 0.3) is 0 Å². The number of halogens is 2. The number of anilines is 2. The molecule has 0 saturated heterocycles. The van der Waals surface area contributed by atoms with Gasteiger partial charge in [-0.1, -0.05) is 41.4 Å². The predicted molar refractivity (Wildman–Crippen MR) is 112 cm³/mol. The first-order valence-electron chi connectivity index (χ1n) is 8.26. The molecule has 0 aliphatic heterocycles. The van der Waals surface area contributed by atoms with Crippen LogP contribution < -0.4 is 10.6 Å². The van der Waals surface area contributed by atoms with Crippen LogP contribution in [-0.4, -0.2) is 16.7 Å². The molecular weight excluding hydrogens is 417 g/mol. The first-order valence-corrected chi connectivity index (χ1v) is 9.02. The molecule has 2 amide bonds. The van der Waals surface area contributed by atoms with Crippen molar-refractivity contribution in [3.05, 3.63) is 98.0 Å². The SMILES string of the molecule is O=C(Nc1ccccc1C(=O)Nc1cccc(Cl)c1)c1ccc([N+](=O)[O-])cc1Cl. The van der Waals surface area contributed by atoms with Gasteiger partial charge in [0.1, 0.15) is 0 Å². The van der Waals surface area contributed by atoms with Gasteiger partial charge in [-0.2, -0.15) is 0 Å². The van der Waals surface area contributed by atoms with E-state index in [1.165, 1.54) is 12.1 Å². The molecule has 2 N–H and O–H groups in total. The standard InChI is InChI=1S/C20H13Cl2N3O4/c21-12-4-3-5-13(10-12)23-20(27)16-6-1-2-7-18(16)24-19(26)15-9-8-14(25(28)29)11-17(15)22/h1-11H,(H,23,27)(H,24,26). The first kappa shape index (κ1) is 20.3. The zero-order valence-electron chi connectivity index (χ0n) is 14.7. The van der Waals surface area contributed by atoms with Crippen LogP contribution in [0.15, 0.2) is 66.7 Å². The number of carbonyl (C=O) groups is 2. The smallest absolute Gasteiger partial charge is 0.270 e. The van der Waals surface area contributed by atoms with Crippen molar-refractivity contribution < 1.29 is 14.5 Å². The maximum Gasteiger partial charge on any atom is 0.270 e. The molecule has 3 aromatic rings. The summed E-state index contributed by atoms with van der Waals surface area (Å²) in [5, 5.41) is 16.5. The van der Waals surface area contributed by atoms with Crippen LogP contribution in [0.2, 0.25) is 10.0 Å². The third-order valence-corrected chi connectivity index (χ3v) is 4.46. The zero-order valence-corrected chi connectivity index (χ0v) is 16.2. The number of para-hydroxylation sites is 1. The molecule has 3 rings (SSSR count). The number of nitrogens with one attached hydrogen (secondary N) is 2. The lowest BCUT2D eigenvalue weighted by Crippen LogP contribution is -2.18. The van der Waals surface area contributed by atoms with E-state index in [4.69, 9.17) is 23.2 Å². The highest BCUT2D eigenvalue weighted by molar-refractivity contribution is 6.34. The number of carbonyl (C=O) groups excluding carboxylic acids is 2. The van der Waals surface area contributed by atoms with Crippen LogP contribution in [-0.2, 0) is 0 Å². The Bertz CT molecular complexity index is 1120. The van der Waals surface area contributed by atoms with E-state index in [0.717, 1.165) is 6.07 Å². The number of nitro groups is 1. The molecule has 146 valence electrons. The van der Waals surface area contributed by atoms with Gasteiger partial charge in [0.05, 0.1) is 26.8 Å². The maximum absolute atomic E-state index is 12.6. The van der Waals surface area contributed by atoms with E-state index in [2.05, 4.69) is 10.6 Å². The lowest BCUT2D eigenvalue weighted by atomic mass is 10.1. The van der Waals surface area contributed by atoms with Gasteiger partial charge in [-0.3, -0.25) is 19.7 Å². The summed E-state index contributed by atoms with van der Waals surface area (Å²) in [5.41, 5.74) is 0.794. The average molecular weight is 430 g/mol. The molecule has 0 aromatic heterocycles. The van der Waals surface area contributed by atoms with Crippen molar-refractivity contribution in [1.82, 2.24) is 0 Å². The topological polar surface area (TPSA) is 101 Å². The summed E-state index contributed by atoms with van der Waals surface area (Å²) in [6.07, 6.45) is 0. The molecular formula is C20H13Cl2N3O4. The molecule has 3 aromatic carbocycles. The monoisotopic (exact) mass is 429 g/mol. The summed E-state index contributed by atoms with van der Waals surface area (Å²) >= 11 is 11.9. The normalized spacial score (nSPS) is 10.3. The van der Waals surface area contributed by atoms with Gasteiger partial charge in [-0.05, 0) is 36.4 Å². The van der Waals surface area contributed by atoms with Crippen molar-refractivity contribution in [2.45, 2.75) is 0 Å². The zero-order chi connectivity index (χ0) is 21.0. The summed E-state index contributed by atoms with van der Waals surface area (Å²) in [6, 6.07) is 16.6. The number of non-ortho nitro benzene ring substituents is 1. The van der Waals surface area contributed by atoms with Crippen LogP contribution in [0.3, 0.4) is 0 Å². The fourth-order valence-corrected chi connectivity index (χ4v) is 3.00. The van der Waals surface area contributed by atoms with E-state index < -0.39 is 16.7 Å². The van der Waals surface area contributed by atoms with Crippen molar-refractivity contribution in [2.24, 2.45) is 0 Å². The number of hydrogen-bond donors (Lipinski definition) is 2. The van der Waals surface area contributed by atoms with E-state index in [0.29, 0.717) is 10.7 Å². The van der Waals surface area contributed by atoms with Gasteiger partial charge in [0, 0.05) is 22.8 Å². The van der Waals surface area contributed by atoms with Gasteiger partial charge in [0.25, 0.3) is 17.5 Å². The largest absolute Gasteiger partial charge is 0.322 e. The minimum atomic E-state index is -0.608. The third kappa shape index (κ3) is 4.90. The number of amides is 2. The molecule has 0 spiro atoms. The molecule has 29 heavy (non-hydrogen) atoms. The summed E-state index contributed by atoms with van der Waals surface area (Å²) in [4.78, 5) is 35.4. The Balaban J connectivity index is 1.83. The van der Waals surface area contributed by atoms with Crippen LogP contribution in [0.5, 0.6) is 0 Å². The van der Waals surface area contributed by atoms with Crippen molar-refractivity contribution in [3.63, 3.8) is 0 Å². The van der Waals surface area contributed by atoms with E-state index in [1.54, 1.807) is 48.5 Å². The second-order valence-electron chi connectivity index (χ2n) is 5.89. The van der Waals surface area contributed by atoms with Gasteiger partial charge in [-0.25, -0.2) is 0 Å². The molecule has 0 heterocycles. The van der Waals surface area contributed by atoms with Crippen LogP contribution in [0.4, 0.5) is 17.1 Å². The van der Waals surface area contributed by atoms with Gasteiger partial charge < -0.3 is 10.6 Å². The molecule has 0 fully saturated rings. The Hall–Kier alpha value is -3.42. The highest BCUT2D eigenvalue weighted by atomic mass is 35.5. The van der Waals surface area contributed by atoms with E-state index in [9.17, 15) is 19.7 Å². The van der Waals surface area contributed by atoms with E-state index >= 15 is 0 Å². The summed E-state index contributed by atoms with van der Waals surface area (Å²) in [6.45, 7) is 0. The maximum atomic E-state index is 12.6. The Morgan fingerprint density at radius 2 is 1.55 bits per heavy atom. The average Bonchev–Trinajstić information content (AvgIpc) is 2.68. The summed E-state index contributed by atoms with van der Waals surface area (Å²) < 4.78 is 0. The van der Waals surface area contributed by atoms with Crippen molar-refractivity contribution in [2.75, 3.05) is 10.6 Å². The quantitative estimate of drug-likeness (QED) is 0.418. The van der Waals surface area contributed by atoms with Gasteiger partial charge in [0.15, 0.2) is 0 Å². The number of nitro benzene ring substituents is 1. The third-order valence-electron chi connectivity index (χ3n) is 3.91. The lowest BCUT2D eigenvalue weighted by molar-refractivity contribution is -0.384. The predicted octanol–water partition coefficient (Wildman–Crippen LogP) is 5.41. The van der Waals surface area contributed by atoms with Gasteiger partial charge in [-0.15, -0.1) is 0 Å². The second-order valence-corrected chi connectivity index (χ2v) is 6.73. The Labute approximate surface area is 175 Å². The Morgan fingerprint density at radius 3 is 2.24 bits per heavy atom. The summed E-state index contributed by atoms with van der Waals surface area (Å²) in [7, 11) is 0. The molecule has 0 unspecified atom stereocenters. The minimum Gasteiger partial charge on any atom is -0.322 e. The highest BCUT2D eigenvalue weighted by Crippen LogP contribution is 2.25. The fourth-order valence-electron chi connectivity index (χ4n) is 2.55.